The van der Waals surface area contributed by atoms with Gasteiger partial charge in [-0.05, 0) is 17.7 Å². The van der Waals surface area contributed by atoms with Crippen LogP contribution in [-0.2, 0) is 7.05 Å². The summed E-state index contributed by atoms with van der Waals surface area (Å²) in [6, 6.07) is 3.92. The van der Waals surface area contributed by atoms with E-state index in [9.17, 15) is 8.78 Å². The fraction of sp³-hybridized carbons (Fsp3) is 0.316. The Morgan fingerprint density at radius 1 is 1.07 bits per heavy atom. The second kappa shape index (κ2) is 7.40. The van der Waals surface area contributed by atoms with Crippen molar-refractivity contribution in [3.8, 4) is 0 Å². The Kier molecular flexibility index (Phi) is 4.81. The Labute approximate surface area is 155 Å². The van der Waals surface area contributed by atoms with E-state index in [-0.39, 0.29) is 0 Å². The number of piperazine rings is 1. The molecule has 27 heavy (non-hydrogen) atoms. The minimum absolute atomic E-state index is 0.660. The van der Waals surface area contributed by atoms with Gasteiger partial charge in [-0.25, -0.2) is 18.7 Å². The molecule has 2 aromatic heterocycles. The van der Waals surface area contributed by atoms with Gasteiger partial charge in [-0.2, -0.15) is 5.10 Å². The number of benzene rings is 1. The number of halogens is 2. The van der Waals surface area contributed by atoms with Crippen LogP contribution in [0.25, 0.3) is 17.1 Å². The van der Waals surface area contributed by atoms with Gasteiger partial charge in [0.05, 0.1) is 11.6 Å². The van der Waals surface area contributed by atoms with E-state index in [4.69, 9.17) is 0 Å². The van der Waals surface area contributed by atoms with Crippen LogP contribution in [0.4, 0.5) is 14.6 Å². The van der Waals surface area contributed by atoms with Crippen LogP contribution in [0.5, 0.6) is 0 Å². The van der Waals surface area contributed by atoms with Crippen molar-refractivity contribution in [2.75, 3.05) is 37.6 Å². The fourth-order valence-corrected chi connectivity index (χ4v) is 3.30. The van der Waals surface area contributed by atoms with E-state index in [0.717, 1.165) is 55.6 Å². The van der Waals surface area contributed by atoms with Crippen LogP contribution in [-0.4, -0.2) is 57.4 Å². The summed E-state index contributed by atoms with van der Waals surface area (Å²) < 4.78 is 27.9. The summed E-state index contributed by atoms with van der Waals surface area (Å²) in [6.45, 7) is 4.28. The molecule has 6 nitrogen and oxygen atoms in total. The van der Waals surface area contributed by atoms with Crippen LogP contribution in [0.3, 0.4) is 0 Å². The number of hydrogen-bond donors (Lipinski definition) is 0. The molecule has 4 rings (SSSR count). The molecule has 3 heterocycles. The zero-order valence-corrected chi connectivity index (χ0v) is 15.0. The molecule has 0 N–H and O–H groups in total. The summed E-state index contributed by atoms with van der Waals surface area (Å²) in [5, 5.41) is 5.23. The van der Waals surface area contributed by atoms with Crippen molar-refractivity contribution in [3.63, 3.8) is 0 Å². The molecule has 1 fully saturated rings. The van der Waals surface area contributed by atoms with Crippen LogP contribution >= 0.6 is 0 Å². The molecule has 1 aromatic carbocycles. The first kappa shape index (κ1) is 17.5. The van der Waals surface area contributed by atoms with Crippen molar-refractivity contribution < 1.29 is 8.78 Å². The number of aromatic nitrogens is 4. The van der Waals surface area contributed by atoms with Gasteiger partial charge in [0.1, 0.15) is 12.1 Å². The molecular formula is C19H20F2N6. The molecule has 0 radical (unpaired) electrons. The third-order valence-electron chi connectivity index (χ3n) is 4.80. The maximum absolute atomic E-state index is 13.2. The third-order valence-corrected chi connectivity index (χ3v) is 4.80. The van der Waals surface area contributed by atoms with Crippen molar-refractivity contribution in [2.45, 2.75) is 0 Å². The molecule has 1 aliphatic rings. The van der Waals surface area contributed by atoms with Crippen LogP contribution in [0.15, 0.2) is 36.8 Å². The Bertz CT molecular complexity index is 975. The molecule has 0 bridgehead atoms. The highest BCUT2D eigenvalue weighted by Gasteiger charge is 2.20. The van der Waals surface area contributed by atoms with Gasteiger partial charge in [-0.1, -0.05) is 18.2 Å². The highest BCUT2D eigenvalue weighted by Crippen LogP contribution is 2.23. The van der Waals surface area contributed by atoms with Crippen LogP contribution in [0.2, 0.25) is 0 Å². The summed E-state index contributed by atoms with van der Waals surface area (Å²) in [5.74, 6) is -0.724. The normalized spacial score (nSPS) is 15.9. The Morgan fingerprint density at radius 2 is 1.89 bits per heavy atom. The van der Waals surface area contributed by atoms with E-state index in [2.05, 4.69) is 24.9 Å². The molecule has 0 aliphatic carbocycles. The standard InChI is InChI=1S/C19H20F2N6/c1-25-18-15(12-24-25)19(23-13-22-18)27-9-7-26(8-10-27)6-2-3-14-4-5-16(20)17(21)11-14/h2-5,11-13H,6-10H2,1H3. The lowest BCUT2D eigenvalue weighted by Gasteiger charge is -2.35. The number of rotatable bonds is 4. The summed E-state index contributed by atoms with van der Waals surface area (Å²) in [4.78, 5) is 13.3. The number of aryl methyl sites for hydroxylation is 1. The summed E-state index contributed by atoms with van der Waals surface area (Å²) in [7, 11) is 1.87. The van der Waals surface area contributed by atoms with E-state index in [1.54, 1.807) is 17.1 Å². The molecule has 1 aliphatic heterocycles. The van der Waals surface area contributed by atoms with E-state index in [1.165, 1.54) is 6.07 Å². The van der Waals surface area contributed by atoms with Crippen molar-refractivity contribution in [2.24, 2.45) is 7.05 Å². The van der Waals surface area contributed by atoms with Crippen LogP contribution in [0, 0.1) is 11.6 Å². The van der Waals surface area contributed by atoms with Crippen LogP contribution < -0.4 is 4.90 Å². The molecule has 0 unspecified atom stereocenters. The molecule has 0 spiro atoms. The smallest absolute Gasteiger partial charge is 0.163 e. The number of fused-ring (bicyclic) bond motifs is 1. The summed E-state index contributed by atoms with van der Waals surface area (Å²) in [5.41, 5.74) is 1.49. The van der Waals surface area contributed by atoms with E-state index in [1.807, 2.05) is 25.4 Å². The molecule has 3 aromatic rings. The highest BCUT2D eigenvalue weighted by molar-refractivity contribution is 5.86. The first-order valence-electron chi connectivity index (χ1n) is 8.83. The zero-order chi connectivity index (χ0) is 18.8. The van der Waals surface area contributed by atoms with Gasteiger partial charge in [0.25, 0.3) is 0 Å². The molecule has 1 saturated heterocycles. The Balaban J connectivity index is 1.36. The largest absolute Gasteiger partial charge is 0.353 e. The Morgan fingerprint density at radius 3 is 2.67 bits per heavy atom. The maximum Gasteiger partial charge on any atom is 0.163 e. The van der Waals surface area contributed by atoms with E-state index >= 15 is 0 Å². The lowest BCUT2D eigenvalue weighted by atomic mass is 10.2. The Hall–Kier alpha value is -2.87. The predicted molar refractivity (Wildman–Crippen MR) is 100 cm³/mol. The monoisotopic (exact) mass is 370 g/mol. The lowest BCUT2D eigenvalue weighted by molar-refractivity contribution is 0.284. The van der Waals surface area contributed by atoms with Gasteiger partial charge in [-0.3, -0.25) is 9.58 Å². The number of hydrogen-bond acceptors (Lipinski definition) is 5. The summed E-state index contributed by atoms with van der Waals surface area (Å²) >= 11 is 0. The number of nitrogens with zero attached hydrogens (tertiary/aromatic N) is 6. The molecule has 140 valence electrons. The minimum atomic E-state index is -0.823. The molecular weight excluding hydrogens is 350 g/mol. The molecule has 0 atom stereocenters. The van der Waals surface area contributed by atoms with Gasteiger partial charge in [0.15, 0.2) is 17.3 Å². The quantitative estimate of drug-likeness (QED) is 0.706. The highest BCUT2D eigenvalue weighted by atomic mass is 19.2. The van der Waals surface area contributed by atoms with Crippen LogP contribution in [0.1, 0.15) is 5.56 Å². The lowest BCUT2D eigenvalue weighted by Crippen LogP contribution is -2.46. The number of anilines is 1. The van der Waals surface area contributed by atoms with Gasteiger partial charge >= 0.3 is 0 Å². The average Bonchev–Trinajstić information content (AvgIpc) is 3.07. The second-order valence-electron chi connectivity index (χ2n) is 6.57. The van der Waals surface area contributed by atoms with Crippen molar-refractivity contribution in [3.05, 3.63) is 54.0 Å². The first-order valence-corrected chi connectivity index (χ1v) is 8.83. The van der Waals surface area contributed by atoms with Gasteiger partial charge in [0.2, 0.25) is 0 Å². The molecule has 0 saturated carbocycles. The summed E-state index contributed by atoms with van der Waals surface area (Å²) in [6.07, 6.45) is 7.18. The third kappa shape index (κ3) is 3.66. The van der Waals surface area contributed by atoms with Crippen molar-refractivity contribution >= 4 is 22.9 Å². The van der Waals surface area contributed by atoms with Gasteiger partial charge in [-0.15, -0.1) is 0 Å². The fourth-order valence-electron chi connectivity index (χ4n) is 3.30. The zero-order valence-electron chi connectivity index (χ0n) is 15.0. The maximum atomic E-state index is 13.2. The second-order valence-corrected chi connectivity index (χ2v) is 6.57. The molecule has 8 heteroatoms. The van der Waals surface area contributed by atoms with Crippen molar-refractivity contribution in [1.82, 2.24) is 24.6 Å². The first-order chi connectivity index (χ1) is 13.1. The van der Waals surface area contributed by atoms with E-state index < -0.39 is 11.6 Å². The molecule has 0 amide bonds. The predicted octanol–water partition coefficient (Wildman–Crippen LogP) is 2.48. The van der Waals surface area contributed by atoms with Crippen molar-refractivity contribution in [1.29, 1.82) is 0 Å². The SMILES string of the molecule is Cn1ncc2c(N3CCN(CC=Cc4ccc(F)c(F)c4)CC3)ncnc21. The van der Waals surface area contributed by atoms with E-state index in [0.29, 0.717) is 5.56 Å². The van der Waals surface area contributed by atoms with Gasteiger partial charge in [0, 0.05) is 39.8 Å². The minimum Gasteiger partial charge on any atom is -0.353 e. The average molecular weight is 370 g/mol. The van der Waals surface area contributed by atoms with Gasteiger partial charge < -0.3 is 4.90 Å². The topological polar surface area (TPSA) is 50.1 Å².